The molecule has 24 heavy (non-hydrogen) atoms. The Morgan fingerprint density at radius 3 is 2.67 bits per heavy atom. The molecular weight excluding hydrogens is 423 g/mol. The predicted octanol–water partition coefficient (Wildman–Crippen LogP) is 2.79. The van der Waals surface area contributed by atoms with Gasteiger partial charge in [0.2, 0.25) is 0 Å². The second-order valence-corrected chi connectivity index (χ2v) is 6.86. The maximum atomic E-state index is 10.6. The first-order valence-corrected chi connectivity index (χ1v) is 7.85. The van der Waals surface area contributed by atoms with Gasteiger partial charge in [-0.2, -0.15) is 5.10 Å². The molecule has 1 aromatic rings. The summed E-state index contributed by atoms with van der Waals surface area (Å²) in [5, 5.41) is 21.1. The lowest BCUT2D eigenvalue weighted by atomic mass is 9.89. The first-order valence-electron chi connectivity index (χ1n) is 7.85. The fourth-order valence-corrected chi connectivity index (χ4v) is 2.01. The Bertz CT molecular complexity index is 538. The zero-order valence-corrected chi connectivity index (χ0v) is 17.4. The minimum Gasteiger partial charge on any atom is -0.355 e. The SMILES string of the molecule is CN=C(NCCn1cc([N+](=O)[O-])cn1)NC(C)CCC(C)(C)C.I. The molecule has 0 aliphatic rings. The van der Waals surface area contributed by atoms with Crippen LogP contribution in [0.25, 0.3) is 0 Å². The number of hydrogen-bond donors (Lipinski definition) is 2. The van der Waals surface area contributed by atoms with E-state index in [0.717, 1.165) is 18.8 Å². The molecule has 2 N–H and O–H groups in total. The van der Waals surface area contributed by atoms with Crippen LogP contribution in [0.5, 0.6) is 0 Å². The summed E-state index contributed by atoms with van der Waals surface area (Å²) in [4.78, 5) is 14.3. The van der Waals surface area contributed by atoms with Crippen molar-refractivity contribution < 1.29 is 4.92 Å². The quantitative estimate of drug-likeness (QED) is 0.218. The third-order valence-electron chi connectivity index (χ3n) is 3.40. The molecule has 0 spiro atoms. The van der Waals surface area contributed by atoms with Gasteiger partial charge < -0.3 is 10.6 Å². The van der Waals surface area contributed by atoms with Crippen LogP contribution in [0.4, 0.5) is 5.69 Å². The number of aromatic nitrogens is 2. The summed E-state index contributed by atoms with van der Waals surface area (Å²) in [7, 11) is 1.73. The van der Waals surface area contributed by atoms with E-state index in [-0.39, 0.29) is 29.7 Å². The lowest BCUT2D eigenvalue weighted by molar-refractivity contribution is -0.385. The third kappa shape index (κ3) is 9.04. The first-order chi connectivity index (χ1) is 10.7. The van der Waals surface area contributed by atoms with Crippen molar-refractivity contribution in [3.63, 3.8) is 0 Å². The first kappa shape index (κ1) is 22.6. The third-order valence-corrected chi connectivity index (χ3v) is 3.40. The number of nitro groups is 1. The fraction of sp³-hybridized carbons (Fsp3) is 0.733. The Kier molecular flexibility index (Phi) is 9.86. The number of hydrogen-bond acceptors (Lipinski definition) is 4. The lowest BCUT2D eigenvalue weighted by Gasteiger charge is -2.23. The van der Waals surface area contributed by atoms with Crippen molar-refractivity contribution in [1.82, 2.24) is 20.4 Å². The molecule has 138 valence electrons. The van der Waals surface area contributed by atoms with E-state index in [1.807, 2.05) is 0 Å². The van der Waals surface area contributed by atoms with E-state index in [0.29, 0.717) is 24.5 Å². The van der Waals surface area contributed by atoms with E-state index in [1.165, 1.54) is 12.4 Å². The second kappa shape index (κ2) is 10.5. The zero-order valence-electron chi connectivity index (χ0n) is 15.1. The van der Waals surface area contributed by atoms with Crippen LogP contribution in [0.2, 0.25) is 0 Å². The van der Waals surface area contributed by atoms with Crippen LogP contribution in [0, 0.1) is 15.5 Å². The number of guanidine groups is 1. The van der Waals surface area contributed by atoms with Gasteiger partial charge in [-0.15, -0.1) is 24.0 Å². The Balaban J connectivity index is 0.00000529. The Morgan fingerprint density at radius 1 is 1.50 bits per heavy atom. The molecule has 1 heterocycles. The number of nitrogens with one attached hydrogen (secondary N) is 2. The maximum Gasteiger partial charge on any atom is 0.306 e. The van der Waals surface area contributed by atoms with Gasteiger partial charge in [0.15, 0.2) is 5.96 Å². The predicted molar refractivity (Wildman–Crippen MR) is 107 cm³/mol. The molecule has 1 rings (SSSR count). The molecule has 0 radical (unpaired) electrons. The van der Waals surface area contributed by atoms with Gasteiger partial charge in [0.25, 0.3) is 0 Å². The summed E-state index contributed by atoms with van der Waals surface area (Å²) < 4.78 is 1.54. The molecule has 0 fully saturated rings. The van der Waals surface area contributed by atoms with Crippen LogP contribution in [-0.2, 0) is 6.54 Å². The number of halogens is 1. The van der Waals surface area contributed by atoms with Gasteiger partial charge in [-0.25, -0.2) is 0 Å². The van der Waals surface area contributed by atoms with Gasteiger partial charge in [-0.1, -0.05) is 20.8 Å². The molecule has 1 aromatic heterocycles. The smallest absolute Gasteiger partial charge is 0.306 e. The van der Waals surface area contributed by atoms with Crippen molar-refractivity contribution in [2.75, 3.05) is 13.6 Å². The van der Waals surface area contributed by atoms with E-state index < -0.39 is 4.92 Å². The lowest BCUT2D eigenvalue weighted by Crippen LogP contribution is -2.43. The summed E-state index contributed by atoms with van der Waals surface area (Å²) >= 11 is 0. The van der Waals surface area contributed by atoms with Gasteiger partial charge in [0, 0.05) is 19.6 Å². The van der Waals surface area contributed by atoms with Crippen LogP contribution >= 0.6 is 24.0 Å². The summed E-state index contributed by atoms with van der Waals surface area (Å²) in [6.07, 6.45) is 4.87. The number of nitrogens with zero attached hydrogens (tertiary/aromatic N) is 4. The topological polar surface area (TPSA) is 97.4 Å². The van der Waals surface area contributed by atoms with Crippen LogP contribution in [-0.4, -0.2) is 40.3 Å². The van der Waals surface area contributed by atoms with E-state index in [1.54, 1.807) is 11.7 Å². The monoisotopic (exact) mass is 452 g/mol. The molecule has 0 amide bonds. The van der Waals surface area contributed by atoms with Gasteiger partial charge >= 0.3 is 5.69 Å². The second-order valence-electron chi connectivity index (χ2n) is 6.86. The fourth-order valence-electron chi connectivity index (χ4n) is 2.01. The van der Waals surface area contributed by atoms with E-state index in [4.69, 9.17) is 0 Å². The van der Waals surface area contributed by atoms with Gasteiger partial charge in [0.05, 0.1) is 11.5 Å². The highest BCUT2D eigenvalue weighted by Gasteiger charge is 2.13. The number of rotatable bonds is 7. The molecule has 0 aliphatic heterocycles. The van der Waals surface area contributed by atoms with Crippen molar-refractivity contribution in [3.05, 3.63) is 22.5 Å². The van der Waals surface area contributed by atoms with E-state index in [2.05, 4.69) is 48.4 Å². The van der Waals surface area contributed by atoms with E-state index in [9.17, 15) is 10.1 Å². The molecule has 8 nitrogen and oxygen atoms in total. The normalized spacial score (nSPS) is 13.1. The average molecular weight is 452 g/mol. The van der Waals surface area contributed by atoms with Gasteiger partial charge in [-0.3, -0.25) is 19.8 Å². The molecular formula is C15H29IN6O2. The molecule has 9 heteroatoms. The standard InChI is InChI=1S/C15H28N6O2.HI/c1-12(6-7-15(2,3)4)19-14(16-5)17-8-9-20-11-13(10-18-20)21(22)23;/h10-12H,6-9H2,1-5H3,(H2,16,17,19);1H. The van der Waals surface area contributed by atoms with Crippen LogP contribution in [0.1, 0.15) is 40.5 Å². The van der Waals surface area contributed by atoms with Crippen molar-refractivity contribution in [2.24, 2.45) is 10.4 Å². The van der Waals surface area contributed by atoms with Gasteiger partial charge in [-0.05, 0) is 25.2 Å². The van der Waals surface area contributed by atoms with Crippen LogP contribution < -0.4 is 10.6 Å². The average Bonchev–Trinajstić information content (AvgIpc) is 2.92. The summed E-state index contributed by atoms with van der Waals surface area (Å²) in [6.45, 7) is 9.95. The zero-order chi connectivity index (χ0) is 17.5. The van der Waals surface area contributed by atoms with Gasteiger partial charge in [0.1, 0.15) is 12.4 Å². The molecule has 0 aliphatic carbocycles. The van der Waals surface area contributed by atoms with Crippen molar-refractivity contribution in [2.45, 2.75) is 53.1 Å². The molecule has 0 bridgehead atoms. The van der Waals surface area contributed by atoms with Crippen molar-refractivity contribution >= 4 is 35.6 Å². The molecule has 1 atom stereocenters. The summed E-state index contributed by atoms with van der Waals surface area (Å²) in [5.41, 5.74) is 0.324. The Labute approximate surface area is 160 Å². The van der Waals surface area contributed by atoms with Crippen LogP contribution in [0.3, 0.4) is 0 Å². The molecule has 0 saturated heterocycles. The highest BCUT2D eigenvalue weighted by atomic mass is 127. The highest BCUT2D eigenvalue weighted by Crippen LogP contribution is 2.21. The van der Waals surface area contributed by atoms with E-state index >= 15 is 0 Å². The van der Waals surface area contributed by atoms with Crippen LogP contribution in [0.15, 0.2) is 17.4 Å². The van der Waals surface area contributed by atoms with Crippen molar-refractivity contribution in [3.8, 4) is 0 Å². The Morgan fingerprint density at radius 2 is 2.17 bits per heavy atom. The molecule has 0 saturated carbocycles. The maximum absolute atomic E-state index is 10.6. The largest absolute Gasteiger partial charge is 0.355 e. The Hall–Kier alpha value is -1.39. The minimum atomic E-state index is -0.450. The molecule has 1 unspecified atom stereocenters. The minimum absolute atomic E-state index is 0. The summed E-state index contributed by atoms with van der Waals surface area (Å²) in [5.74, 6) is 0.730. The number of aliphatic imine (C=N–C) groups is 1. The molecule has 0 aromatic carbocycles. The summed E-state index contributed by atoms with van der Waals surface area (Å²) in [6, 6.07) is 0.325. The van der Waals surface area contributed by atoms with Crippen molar-refractivity contribution in [1.29, 1.82) is 0 Å². The highest BCUT2D eigenvalue weighted by molar-refractivity contribution is 14.0.